The highest BCUT2D eigenvalue weighted by Gasteiger charge is 2.49. The Morgan fingerprint density at radius 3 is 2.74 bits per heavy atom. The van der Waals surface area contributed by atoms with Crippen molar-refractivity contribution in [2.24, 2.45) is 0 Å². The van der Waals surface area contributed by atoms with Gasteiger partial charge in [0.15, 0.2) is 5.76 Å². The van der Waals surface area contributed by atoms with Crippen LogP contribution in [0.3, 0.4) is 0 Å². The van der Waals surface area contributed by atoms with Gasteiger partial charge in [0.2, 0.25) is 0 Å². The highest BCUT2D eigenvalue weighted by atomic mass is 19.1. The van der Waals surface area contributed by atoms with Crippen molar-refractivity contribution < 1.29 is 27.6 Å². The fourth-order valence-electron chi connectivity index (χ4n) is 3.48. The third-order valence-corrected chi connectivity index (χ3v) is 4.78. The molecule has 2 saturated heterocycles. The molecule has 2 aliphatic heterocycles. The summed E-state index contributed by atoms with van der Waals surface area (Å²) in [6.45, 7) is 0.234. The summed E-state index contributed by atoms with van der Waals surface area (Å²) in [5, 5.41) is 2.78. The van der Waals surface area contributed by atoms with Crippen LogP contribution in [-0.4, -0.2) is 41.4 Å². The maximum atomic E-state index is 14.1. The van der Waals surface area contributed by atoms with E-state index in [1.165, 1.54) is 17.2 Å². The molecule has 9 heteroatoms. The summed E-state index contributed by atoms with van der Waals surface area (Å²) in [7, 11) is 0. The minimum absolute atomic E-state index is 0.154. The molecule has 1 aromatic carbocycles. The van der Waals surface area contributed by atoms with Crippen molar-refractivity contribution in [3.05, 3.63) is 54.0 Å². The van der Waals surface area contributed by atoms with Crippen molar-refractivity contribution in [3.63, 3.8) is 0 Å². The van der Waals surface area contributed by atoms with Crippen molar-refractivity contribution in [3.8, 4) is 0 Å². The summed E-state index contributed by atoms with van der Waals surface area (Å²) in [5.41, 5.74) is -0.281. The van der Waals surface area contributed by atoms with E-state index >= 15 is 0 Å². The first-order valence-electron chi connectivity index (χ1n) is 8.39. The zero-order valence-electron chi connectivity index (χ0n) is 14.0. The van der Waals surface area contributed by atoms with E-state index in [0.717, 1.165) is 17.0 Å². The van der Waals surface area contributed by atoms with Gasteiger partial charge >= 0.3 is 6.03 Å². The molecule has 7 nitrogen and oxygen atoms in total. The van der Waals surface area contributed by atoms with Crippen LogP contribution in [0.25, 0.3) is 0 Å². The Bertz CT molecular complexity index is 915. The molecular weight excluding hydrogens is 360 g/mol. The molecule has 4 amide bonds. The Balaban J connectivity index is 1.52. The number of benzene rings is 1. The van der Waals surface area contributed by atoms with Crippen LogP contribution in [-0.2, 0) is 4.79 Å². The van der Waals surface area contributed by atoms with E-state index in [4.69, 9.17) is 4.42 Å². The number of fused-ring (bicyclic) bond motifs is 1. The normalized spacial score (nSPS) is 22.1. The molecule has 27 heavy (non-hydrogen) atoms. The summed E-state index contributed by atoms with van der Waals surface area (Å²) >= 11 is 0. The van der Waals surface area contributed by atoms with Crippen LogP contribution in [0.15, 0.2) is 41.0 Å². The lowest BCUT2D eigenvalue weighted by atomic mass is 9.98. The van der Waals surface area contributed by atoms with E-state index in [1.54, 1.807) is 6.07 Å². The average Bonchev–Trinajstić information content (AvgIpc) is 3.25. The van der Waals surface area contributed by atoms with Crippen LogP contribution in [0.1, 0.15) is 23.4 Å². The number of hydrogen-bond donors (Lipinski definition) is 1. The van der Waals surface area contributed by atoms with E-state index < -0.39 is 35.5 Å². The monoisotopic (exact) mass is 375 g/mol. The number of rotatable bonds is 3. The molecule has 2 aromatic rings. The standard InChI is InChI=1S/C18H15F2N3O4/c19-10-3-4-13(12(20)8-10)23-17(25)14-9-11(5-6-22(14)18(23)26)21-16(24)15-2-1-7-27-15/h1-4,7-8,11,14H,5-6,9H2,(H,21,24). The van der Waals surface area contributed by atoms with Crippen LogP contribution in [0.5, 0.6) is 0 Å². The largest absolute Gasteiger partial charge is 0.459 e. The molecule has 2 atom stereocenters. The molecule has 2 aliphatic rings. The average molecular weight is 375 g/mol. The summed E-state index contributed by atoms with van der Waals surface area (Å²) < 4.78 is 32.2. The van der Waals surface area contributed by atoms with E-state index in [-0.39, 0.29) is 30.5 Å². The molecule has 2 fully saturated rings. The molecule has 140 valence electrons. The molecule has 3 heterocycles. The Labute approximate surface area is 152 Å². The zero-order chi connectivity index (χ0) is 19.1. The van der Waals surface area contributed by atoms with Crippen LogP contribution in [0.2, 0.25) is 0 Å². The quantitative estimate of drug-likeness (QED) is 0.835. The topological polar surface area (TPSA) is 82.9 Å². The maximum absolute atomic E-state index is 14.1. The first-order valence-corrected chi connectivity index (χ1v) is 8.39. The second-order valence-corrected chi connectivity index (χ2v) is 6.43. The number of amides is 4. The molecule has 1 aromatic heterocycles. The summed E-state index contributed by atoms with van der Waals surface area (Å²) in [6, 6.07) is 4.00. The number of halogens is 2. The van der Waals surface area contributed by atoms with E-state index in [1.807, 2.05) is 0 Å². The molecule has 4 rings (SSSR count). The van der Waals surface area contributed by atoms with Crippen molar-refractivity contribution >= 4 is 23.5 Å². The smallest absolute Gasteiger partial charge is 0.332 e. The lowest BCUT2D eigenvalue weighted by molar-refractivity contribution is -0.120. The Morgan fingerprint density at radius 1 is 1.22 bits per heavy atom. The number of urea groups is 1. The van der Waals surface area contributed by atoms with Gasteiger partial charge in [0.05, 0.1) is 12.0 Å². The van der Waals surface area contributed by atoms with Crippen LogP contribution < -0.4 is 10.2 Å². The van der Waals surface area contributed by atoms with E-state index in [9.17, 15) is 23.2 Å². The van der Waals surface area contributed by atoms with Gasteiger partial charge in [-0.15, -0.1) is 0 Å². The Morgan fingerprint density at radius 2 is 2.04 bits per heavy atom. The number of nitrogens with zero attached hydrogens (tertiary/aromatic N) is 2. The lowest BCUT2D eigenvalue weighted by Gasteiger charge is -2.32. The zero-order valence-corrected chi connectivity index (χ0v) is 14.0. The third-order valence-electron chi connectivity index (χ3n) is 4.78. The summed E-state index contributed by atoms with van der Waals surface area (Å²) in [4.78, 5) is 39.5. The van der Waals surface area contributed by atoms with E-state index in [2.05, 4.69) is 5.32 Å². The fraction of sp³-hybridized carbons (Fsp3) is 0.278. The molecule has 0 bridgehead atoms. The maximum Gasteiger partial charge on any atom is 0.332 e. The van der Waals surface area contributed by atoms with Gasteiger partial charge in [-0.25, -0.2) is 18.5 Å². The van der Waals surface area contributed by atoms with E-state index in [0.29, 0.717) is 12.5 Å². The Hall–Kier alpha value is -3.23. The molecule has 1 N–H and O–H groups in total. The van der Waals surface area contributed by atoms with Crippen molar-refractivity contribution in [1.82, 2.24) is 10.2 Å². The lowest BCUT2D eigenvalue weighted by Crippen LogP contribution is -2.49. The SMILES string of the molecule is O=C(NC1CCN2C(=O)N(c3ccc(F)cc3F)C(=O)C2C1)c1ccco1. The third kappa shape index (κ3) is 2.94. The molecule has 2 unspecified atom stereocenters. The highest BCUT2D eigenvalue weighted by Crippen LogP contribution is 2.32. The molecule has 0 radical (unpaired) electrons. The second-order valence-electron chi connectivity index (χ2n) is 6.43. The number of anilines is 1. The minimum Gasteiger partial charge on any atom is -0.459 e. The first kappa shape index (κ1) is 17.2. The number of carbonyl (C=O) groups is 3. The predicted octanol–water partition coefficient (Wildman–Crippen LogP) is 2.29. The molecular formula is C18H15F2N3O4. The van der Waals surface area contributed by atoms with Gasteiger partial charge in [-0.1, -0.05) is 0 Å². The van der Waals surface area contributed by atoms with Gasteiger partial charge in [0.25, 0.3) is 11.8 Å². The minimum atomic E-state index is -0.987. The first-order chi connectivity index (χ1) is 13.0. The molecule has 0 saturated carbocycles. The van der Waals surface area contributed by atoms with Crippen LogP contribution >= 0.6 is 0 Å². The number of carbonyl (C=O) groups excluding carboxylic acids is 3. The second kappa shape index (κ2) is 6.49. The van der Waals surface area contributed by atoms with Crippen LogP contribution in [0, 0.1) is 11.6 Å². The van der Waals surface area contributed by atoms with Crippen molar-refractivity contribution in [2.75, 3.05) is 11.4 Å². The number of nitrogens with one attached hydrogen (secondary N) is 1. The number of hydrogen-bond acceptors (Lipinski definition) is 4. The molecule has 0 spiro atoms. The van der Waals surface area contributed by atoms with Gasteiger partial charge in [-0.05, 0) is 37.1 Å². The van der Waals surface area contributed by atoms with Crippen LogP contribution in [0.4, 0.5) is 19.3 Å². The van der Waals surface area contributed by atoms with Gasteiger partial charge < -0.3 is 14.6 Å². The molecule has 0 aliphatic carbocycles. The number of furan rings is 1. The Kier molecular flexibility index (Phi) is 4.14. The highest BCUT2D eigenvalue weighted by molar-refractivity contribution is 6.21. The van der Waals surface area contributed by atoms with Gasteiger partial charge in [0.1, 0.15) is 17.7 Å². The fourth-order valence-corrected chi connectivity index (χ4v) is 3.48. The predicted molar refractivity (Wildman–Crippen MR) is 88.9 cm³/mol. The number of piperidine rings is 1. The summed E-state index contributed by atoms with van der Waals surface area (Å²) in [5.74, 6) is -2.63. The van der Waals surface area contributed by atoms with Gasteiger partial charge in [-0.2, -0.15) is 0 Å². The van der Waals surface area contributed by atoms with Gasteiger partial charge in [0, 0.05) is 18.7 Å². The van der Waals surface area contributed by atoms with Crippen molar-refractivity contribution in [1.29, 1.82) is 0 Å². The van der Waals surface area contributed by atoms with Gasteiger partial charge in [-0.3, -0.25) is 9.59 Å². The summed E-state index contributed by atoms with van der Waals surface area (Å²) in [6.07, 6.45) is 2.03. The number of imide groups is 1. The van der Waals surface area contributed by atoms with Crippen molar-refractivity contribution in [2.45, 2.75) is 24.9 Å².